The minimum atomic E-state index is 0.591. The molecule has 5 nitrogen and oxygen atoms in total. The molecular weight excluding hydrogens is 354 g/mol. The highest BCUT2D eigenvalue weighted by molar-refractivity contribution is 7.09. The van der Waals surface area contributed by atoms with Crippen LogP contribution in [0.15, 0.2) is 10.4 Å². The van der Waals surface area contributed by atoms with Gasteiger partial charge in [0.05, 0.1) is 10.7 Å². The van der Waals surface area contributed by atoms with Crippen LogP contribution in [0.25, 0.3) is 0 Å². The number of piperidine rings is 1. The van der Waals surface area contributed by atoms with Gasteiger partial charge in [-0.15, -0.1) is 11.3 Å². The SMILES string of the molecule is CCc1nc(CN2CCC(CNC(=NC)NC3CCCC(C)C3)CC2)cs1. The highest BCUT2D eigenvalue weighted by Crippen LogP contribution is 2.23. The van der Waals surface area contributed by atoms with E-state index in [0.717, 1.165) is 37.3 Å². The van der Waals surface area contributed by atoms with E-state index in [1.165, 1.54) is 62.3 Å². The van der Waals surface area contributed by atoms with E-state index in [4.69, 9.17) is 4.98 Å². The summed E-state index contributed by atoms with van der Waals surface area (Å²) in [4.78, 5) is 11.7. The normalized spacial score (nSPS) is 25.5. The lowest BCUT2D eigenvalue weighted by molar-refractivity contribution is 0.176. The molecule has 2 heterocycles. The number of aromatic nitrogens is 1. The summed E-state index contributed by atoms with van der Waals surface area (Å²) in [6.07, 6.45) is 8.84. The van der Waals surface area contributed by atoms with Crippen LogP contribution in [0.4, 0.5) is 0 Å². The van der Waals surface area contributed by atoms with E-state index in [9.17, 15) is 0 Å². The van der Waals surface area contributed by atoms with E-state index < -0.39 is 0 Å². The summed E-state index contributed by atoms with van der Waals surface area (Å²) in [5, 5.41) is 10.7. The minimum Gasteiger partial charge on any atom is -0.356 e. The monoisotopic (exact) mass is 391 g/mol. The number of rotatable bonds is 6. The molecule has 3 rings (SSSR count). The largest absolute Gasteiger partial charge is 0.356 e. The molecule has 27 heavy (non-hydrogen) atoms. The molecule has 2 unspecified atom stereocenters. The Bertz CT molecular complexity index is 591. The molecule has 1 saturated carbocycles. The van der Waals surface area contributed by atoms with Gasteiger partial charge >= 0.3 is 0 Å². The van der Waals surface area contributed by atoms with E-state index in [-0.39, 0.29) is 0 Å². The Balaban J connectivity index is 1.35. The highest BCUT2D eigenvalue weighted by Gasteiger charge is 2.22. The molecule has 152 valence electrons. The van der Waals surface area contributed by atoms with E-state index in [0.29, 0.717) is 6.04 Å². The summed E-state index contributed by atoms with van der Waals surface area (Å²) in [7, 11) is 1.89. The zero-order valence-corrected chi connectivity index (χ0v) is 18.2. The fourth-order valence-corrected chi connectivity index (χ4v) is 5.09. The van der Waals surface area contributed by atoms with Gasteiger partial charge in [0.2, 0.25) is 0 Å². The van der Waals surface area contributed by atoms with Gasteiger partial charge in [-0.25, -0.2) is 4.98 Å². The minimum absolute atomic E-state index is 0.591. The average molecular weight is 392 g/mol. The smallest absolute Gasteiger partial charge is 0.191 e. The molecule has 1 saturated heterocycles. The lowest BCUT2D eigenvalue weighted by Crippen LogP contribution is -2.47. The van der Waals surface area contributed by atoms with Crippen LogP contribution in [0.3, 0.4) is 0 Å². The van der Waals surface area contributed by atoms with E-state index in [1.54, 1.807) is 11.3 Å². The van der Waals surface area contributed by atoms with Crippen LogP contribution >= 0.6 is 11.3 Å². The third-order valence-electron chi connectivity index (χ3n) is 6.05. The van der Waals surface area contributed by atoms with Crippen molar-refractivity contribution in [3.8, 4) is 0 Å². The number of nitrogens with one attached hydrogen (secondary N) is 2. The van der Waals surface area contributed by atoms with Crippen molar-refractivity contribution in [2.45, 2.75) is 71.4 Å². The fourth-order valence-electron chi connectivity index (χ4n) is 4.36. The van der Waals surface area contributed by atoms with Crippen molar-refractivity contribution in [3.05, 3.63) is 16.1 Å². The zero-order valence-electron chi connectivity index (χ0n) is 17.3. The molecule has 0 radical (unpaired) electrons. The van der Waals surface area contributed by atoms with Crippen LogP contribution in [0.5, 0.6) is 0 Å². The van der Waals surface area contributed by atoms with Crippen LogP contribution in [0, 0.1) is 11.8 Å². The van der Waals surface area contributed by atoms with Gasteiger partial charge in [0.15, 0.2) is 5.96 Å². The van der Waals surface area contributed by atoms with Crippen molar-refractivity contribution in [2.75, 3.05) is 26.7 Å². The maximum absolute atomic E-state index is 4.71. The summed E-state index contributed by atoms with van der Waals surface area (Å²) in [6, 6.07) is 0.591. The first-order chi connectivity index (χ1) is 13.2. The van der Waals surface area contributed by atoms with Crippen molar-refractivity contribution < 1.29 is 0 Å². The van der Waals surface area contributed by atoms with Crippen molar-refractivity contribution in [1.29, 1.82) is 0 Å². The number of guanidine groups is 1. The Hall–Kier alpha value is -1.14. The molecule has 2 atom stereocenters. The Labute approximate surface area is 169 Å². The topological polar surface area (TPSA) is 52.6 Å². The van der Waals surface area contributed by atoms with Gasteiger partial charge < -0.3 is 10.6 Å². The lowest BCUT2D eigenvalue weighted by atomic mass is 9.87. The van der Waals surface area contributed by atoms with E-state index in [1.807, 2.05) is 7.05 Å². The summed E-state index contributed by atoms with van der Waals surface area (Å²) in [6.45, 7) is 8.95. The molecule has 1 aliphatic carbocycles. The van der Waals surface area contributed by atoms with Gasteiger partial charge in [0.1, 0.15) is 0 Å². The average Bonchev–Trinajstić information content (AvgIpc) is 3.14. The van der Waals surface area contributed by atoms with Crippen LogP contribution in [-0.2, 0) is 13.0 Å². The molecule has 0 spiro atoms. The molecule has 0 bridgehead atoms. The molecule has 0 amide bonds. The van der Waals surface area contributed by atoms with Gasteiger partial charge in [-0.3, -0.25) is 9.89 Å². The van der Waals surface area contributed by atoms with Crippen molar-refractivity contribution in [1.82, 2.24) is 20.5 Å². The maximum atomic E-state index is 4.71. The van der Waals surface area contributed by atoms with Crippen molar-refractivity contribution in [3.63, 3.8) is 0 Å². The maximum Gasteiger partial charge on any atom is 0.191 e. The summed E-state index contributed by atoms with van der Waals surface area (Å²) in [5.41, 5.74) is 1.25. The second kappa shape index (κ2) is 10.4. The summed E-state index contributed by atoms with van der Waals surface area (Å²) < 4.78 is 0. The number of aryl methyl sites for hydroxylation is 1. The highest BCUT2D eigenvalue weighted by atomic mass is 32.1. The van der Waals surface area contributed by atoms with Gasteiger partial charge in [-0.1, -0.05) is 26.7 Å². The summed E-state index contributed by atoms with van der Waals surface area (Å²) in [5.74, 6) is 2.57. The predicted octanol–water partition coefficient (Wildman–Crippen LogP) is 3.66. The number of thiazole rings is 1. The Morgan fingerprint density at radius 1 is 1.30 bits per heavy atom. The number of hydrogen-bond donors (Lipinski definition) is 2. The fraction of sp³-hybridized carbons (Fsp3) is 0.810. The first kappa shape index (κ1) is 20.6. The molecule has 1 aromatic rings. The molecular formula is C21H37N5S. The molecule has 6 heteroatoms. The molecule has 2 N–H and O–H groups in total. The quantitative estimate of drug-likeness (QED) is 0.574. The Kier molecular flexibility index (Phi) is 7.94. The third kappa shape index (κ3) is 6.46. The standard InChI is InChI=1S/C21H37N5S/c1-4-20-24-19(15-27-20)14-26-10-8-17(9-11-26)13-23-21(22-3)25-18-7-5-6-16(2)12-18/h15-18H,4-14H2,1-3H3,(H2,22,23,25). The van der Waals surface area contributed by atoms with Crippen LogP contribution < -0.4 is 10.6 Å². The molecule has 1 aromatic heterocycles. The van der Waals surface area contributed by atoms with Crippen molar-refractivity contribution in [2.24, 2.45) is 16.8 Å². The Morgan fingerprint density at radius 2 is 2.11 bits per heavy atom. The van der Waals surface area contributed by atoms with Crippen LogP contribution in [-0.4, -0.2) is 48.6 Å². The molecule has 2 aliphatic rings. The van der Waals surface area contributed by atoms with Gasteiger partial charge in [-0.05, 0) is 57.0 Å². The van der Waals surface area contributed by atoms with Crippen LogP contribution in [0.1, 0.15) is 63.1 Å². The van der Waals surface area contributed by atoms with Gasteiger partial charge in [0.25, 0.3) is 0 Å². The summed E-state index contributed by atoms with van der Waals surface area (Å²) >= 11 is 1.80. The van der Waals surface area contributed by atoms with Crippen molar-refractivity contribution >= 4 is 17.3 Å². The van der Waals surface area contributed by atoms with Gasteiger partial charge in [-0.2, -0.15) is 0 Å². The predicted molar refractivity (Wildman–Crippen MR) is 115 cm³/mol. The zero-order chi connectivity index (χ0) is 19.1. The number of nitrogens with zero attached hydrogens (tertiary/aromatic N) is 3. The Morgan fingerprint density at radius 3 is 2.78 bits per heavy atom. The molecule has 2 fully saturated rings. The van der Waals surface area contributed by atoms with Crippen LogP contribution in [0.2, 0.25) is 0 Å². The number of hydrogen-bond acceptors (Lipinski definition) is 4. The number of likely N-dealkylation sites (tertiary alicyclic amines) is 1. The first-order valence-corrected chi connectivity index (χ1v) is 11.7. The second-order valence-electron chi connectivity index (χ2n) is 8.37. The second-order valence-corrected chi connectivity index (χ2v) is 9.31. The lowest BCUT2D eigenvalue weighted by Gasteiger charge is -2.32. The van der Waals surface area contributed by atoms with E-state index >= 15 is 0 Å². The third-order valence-corrected chi connectivity index (χ3v) is 7.10. The molecule has 0 aromatic carbocycles. The first-order valence-electron chi connectivity index (χ1n) is 10.8. The molecule has 1 aliphatic heterocycles. The van der Waals surface area contributed by atoms with E-state index in [2.05, 4.69) is 39.8 Å². The van der Waals surface area contributed by atoms with Gasteiger partial charge in [0, 0.05) is 31.6 Å². The number of aliphatic imine (C=N–C) groups is 1.